The molecule has 0 aliphatic carbocycles. The van der Waals surface area contributed by atoms with Gasteiger partial charge in [0.05, 0.1) is 23.2 Å². The van der Waals surface area contributed by atoms with Crippen molar-refractivity contribution in [3.05, 3.63) is 28.3 Å². The van der Waals surface area contributed by atoms with Crippen LogP contribution in [0.5, 0.6) is 5.75 Å². The lowest BCUT2D eigenvalue weighted by molar-refractivity contribution is -0.137. The first-order valence-corrected chi connectivity index (χ1v) is 4.61. The van der Waals surface area contributed by atoms with E-state index in [-0.39, 0.29) is 5.56 Å². The number of hydrogen-bond donors (Lipinski definition) is 3. The number of halogens is 4. The van der Waals surface area contributed by atoms with Crippen molar-refractivity contribution in [1.29, 1.82) is 0 Å². The average molecular weight is 256 g/mol. The van der Waals surface area contributed by atoms with Crippen molar-refractivity contribution >= 4 is 11.6 Å². The average Bonchev–Trinajstić information content (AvgIpc) is 2.19. The molecule has 0 saturated heterocycles. The summed E-state index contributed by atoms with van der Waals surface area (Å²) in [7, 11) is 0. The Balaban J connectivity index is 3.33. The second-order valence-corrected chi connectivity index (χ2v) is 3.59. The van der Waals surface area contributed by atoms with E-state index in [1.165, 1.54) is 0 Å². The second kappa shape index (κ2) is 4.48. The Morgan fingerprint density at radius 3 is 2.38 bits per heavy atom. The van der Waals surface area contributed by atoms with Gasteiger partial charge in [-0.05, 0) is 12.1 Å². The fourth-order valence-corrected chi connectivity index (χ4v) is 1.39. The molecule has 0 aliphatic rings. The number of alkyl halides is 3. The van der Waals surface area contributed by atoms with E-state index < -0.39 is 35.2 Å². The van der Waals surface area contributed by atoms with Crippen LogP contribution in [0.4, 0.5) is 13.2 Å². The highest BCUT2D eigenvalue weighted by molar-refractivity contribution is 6.32. The molecule has 1 aromatic carbocycles. The van der Waals surface area contributed by atoms with Crippen LogP contribution in [0.2, 0.25) is 5.02 Å². The molecule has 0 amide bonds. The van der Waals surface area contributed by atoms with E-state index in [1.54, 1.807) is 0 Å². The van der Waals surface area contributed by atoms with Crippen LogP contribution in [0.3, 0.4) is 0 Å². The van der Waals surface area contributed by atoms with Gasteiger partial charge in [0.1, 0.15) is 5.75 Å². The standard InChI is InChI=1S/C9H9ClF3NO2/c10-6-2-4(9(11,12)13)1-5(8(6)16)7(14)3-15/h1-2,7,15-16H,3,14H2/t7-/m0/s1. The first-order chi connectivity index (χ1) is 7.27. The lowest BCUT2D eigenvalue weighted by Crippen LogP contribution is -2.16. The third-order valence-corrected chi connectivity index (χ3v) is 2.30. The number of hydrogen-bond acceptors (Lipinski definition) is 3. The molecule has 90 valence electrons. The second-order valence-electron chi connectivity index (χ2n) is 3.18. The van der Waals surface area contributed by atoms with Crippen molar-refractivity contribution in [2.45, 2.75) is 12.2 Å². The van der Waals surface area contributed by atoms with Gasteiger partial charge in [-0.3, -0.25) is 0 Å². The van der Waals surface area contributed by atoms with Gasteiger partial charge in [-0.15, -0.1) is 0 Å². The lowest BCUT2D eigenvalue weighted by Gasteiger charge is -2.15. The highest BCUT2D eigenvalue weighted by Crippen LogP contribution is 2.38. The molecule has 3 nitrogen and oxygen atoms in total. The minimum Gasteiger partial charge on any atom is -0.506 e. The molecule has 1 rings (SSSR count). The SMILES string of the molecule is N[C@@H](CO)c1cc(C(F)(F)F)cc(Cl)c1O. The van der Waals surface area contributed by atoms with Gasteiger partial charge < -0.3 is 15.9 Å². The predicted molar refractivity (Wildman–Crippen MR) is 52.1 cm³/mol. The Bertz CT molecular complexity index is 395. The van der Waals surface area contributed by atoms with E-state index in [1.807, 2.05) is 0 Å². The minimum atomic E-state index is -4.58. The Morgan fingerprint density at radius 1 is 1.38 bits per heavy atom. The molecule has 0 aliphatic heterocycles. The van der Waals surface area contributed by atoms with E-state index in [0.717, 1.165) is 0 Å². The molecule has 0 unspecified atom stereocenters. The van der Waals surface area contributed by atoms with Gasteiger partial charge in [0, 0.05) is 5.56 Å². The summed E-state index contributed by atoms with van der Waals surface area (Å²) in [6.45, 7) is -0.592. The zero-order valence-corrected chi connectivity index (χ0v) is 8.68. The van der Waals surface area contributed by atoms with E-state index >= 15 is 0 Å². The summed E-state index contributed by atoms with van der Waals surface area (Å²) in [6.07, 6.45) is -4.58. The molecule has 1 aromatic rings. The van der Waals surface area contributed by atoms with E-state index in [4.69, 9.17) is 22.4 Å². The Hall–Kier alpha value is -0.980. The molecular formula is C9H9ClF3NO2. The zero-order valence-electron chi connectivity index (χ0n) is 7.92. The molecule has 0 aromatic heterocycles. The summed E-state index contributed by atoms with van der Waals surface area (Å²) in [5.74, 6) is -0.545. The third kappa shape index (κ3) is 2.58. The van der Waals surface area contributed by atoms with Gasteiger partial charge in [-0.25, -0.2) is 0 Å². The van der Waals surface area contributed by atoms with Crippen LogP contribution < -0.4 is 5.73 Å². The highest BCUT2D eigenvalue weighted by atomic mass is 35.5. The molecule has 16 heavy (non-hydrogen) atoms. The van der Waals surface area contributed by atoms with Crippen LogP contribution >= 0.6 is 11.6 Å². The van der Waals surface area contributed by atoms with Crippen molar-refractivity contribution in [1.82, 2.24) is 0 Å². The number of benzene rings is 1. The largest absolute Gasteiger partial charge is 0.506 e. The van der Waals surface area contributed by atoms with Gasteiger partial charge in [0.15, 0.2) is 0 Å². The molecule has 0 heterocycles. The van der Waals surface area contributed by atoms with E-state index in [0.29, 0.717) is 12.1 Å². The molecule has 0 spiro atoms. The number of phenols is 1. The monoisotopic (exact) mass is 255 g/mol. The Morgan fingerprint density at radius 2 is 1.94 bits per heavy atom. The van der Waals surface area contributed by atoms with Crippen molar-refractivity contribution < 1.29 is 23.4 Å². The summed E-state index contributed by atoms with van der Waals surface area (Å²) >= 11 is 5.44. The molecule has 0 radical (unpaired) electrons. The summed E-state index contributed by atoms with van der Waals surface area (Å²) < 4.78 is 37.2. The number of rotatable bonds is 2. The molecule has 4 N–H and O–H groups in total. The zero-order chi connectivity index (χ0) is 12.5. The van der Waals surface area contributed by atoms with Crippen molar-refractivity contribution in [2.24, 2.45) is 5.73 Å². The maximum absolute atomic E-state index is 12.4. The molecule has 1 atom stereocenters. The lowest BCUT2D eigenvalue weighted by atomic mass is 10.0. The first kappa shape index (κ1) is 13.1. The first-order valence-electron chi connectivity index (χ1n) is 4.23. The molecule has 0 saturated carbocycles. The summed E-state index contributed by atoms with van der Waals surface area (Å²) in [5.41, 5.74) is 4.09. The van der Waals surface area contributed by atoms with Crippen molar-refractivity contribution in [3.63, 3.8) is 0 Å². The Labute approximate surface area is 94.3 Å². The molecule has 0 bridgehead atoms. The minimum absolute atomic E-state index is 0.234. The number of aromatic hydroxyl groups is 1. The highest BCUT2D eigenvalue weighted by Gasteiger charge is 2.32. The topological polar surface area (TPSA) is 66.5 Å². The number of nitrogens with two attached hydrogens (primary N) is 1. The quantitative estimate of drug-likeness (QED) is 0.758. The van der Waals surface area contributed by atoms with Crippen LogP contribution in [0.15, 0.2) is 12.1 Å². The number of phenolic OH excluding ortho intramolecular Hbond substituents is 1. The van der Waals surface area contributed by atoms with Gasteiger partial charge in [0.25, 0.3) is 0 Å². The van der Waals surface area contributed by atoms with Crippen molar-refractivity contribution in [3.8, 4) is 5.75 Å². The maximum Gasteiger partial charge on any atom is 0.416 e. The number of aliphatic hydroxyl groups is 1. The molecular weight excluding hydrogens is 247 g/mol. The van der Waals surface area contributed by atoms with Crippen LogP contribution in [0.1, 0.15) is 17.2 Å². The summed E-state index contributed by atoms with van der Waals surface area (Å²) in [6, 6.07) is 0.159. The molecule has 0 fully saturated rings. The van der Waals surface area contributed by atoms with Crippen LogP contribution in [0.25, 0.3) is 0 Å². The van der Waals surface area contributed by atoms with E-state index in [9.17, 15) is 18.3 Å². The van der Waals surface area contributed by atoms with E-state index in [2.05, 4.69) is 0 Å². The summed E-state index contributed by atoms with van der Waals surface area (Å²) in [4.78, 5) is 0. The fourth-order valence-electron chi connectivity index (χ4n) is 1.16. The van der Waals surface area contributed by atoms with Gasteiger partial charge in [-0.1, -0.05) is 11.6 Å². The third-order valence-electron chi connectivity index (χ3n) is 2.02. The fraction of sp³-hybridized carbons (Fsp3) is 0.333. The maximum atomic E-state index is 12.4. The normalized spacial score (nSPS) is 13.9. The van der Waals surface area contributed by atoms with Gasteiger partial charge in [0.2, 0.25) is 0 Å². The van der Waals surface area contributed by atoms with Crippen molar-refractivity contribution in [2.75, 3.05) is 6.61 Å². The summed E-state index contributed by atoms with van der Waals surface area (Å²) in [5, 5.41) is 17.7. The predicted octanol–water partition coefficient (Wildman–Crippen LogP) is 2.06. The van der Waals surface area contributed by atoms with Crippen LogP contribution in [-0.4, -0.2) is 16.8 Å². The number of aliphatic hydroxyl groups excluding tert-OH is 1. The molecule has 7 heteroatoms. The van der Waals surface area contributed by atoms with Gasteiger partial charge in [-0.2, -0.15) is 13.2 Å². The Kier molecular flexibility index (Phi) is 3.67. The van der Waals surface area contributed by atoms with Crippen LogP contribution in [0, 0.1) is 0 Å². The van der Waals surface area contributed by atoms with Crippen LogP contribution in [-0.2, 0) is 6.18 Å². The van der Waals surface area contributed by atoms with Gasteiger partial charge >= 0.3 is 6.18 Å². The smallest absolute Gasteiger partial charge is 0.416 e.